The van der Waals surface area contributed by atoms with Crippen LogP contribution in [0.2, 0.25) is 0 Å². The van der Waals surface area contributed by atoms with Gasteiger partial charge in [-0.3, -0.25) is 0 Å². The van der Waals surface area contributed by atoms with Crippen molar-refractivity contribution >= 4 is 10.0 Å². The highest BCUT2D eigenvalue weighted by molar-refractivity contribution is 7.89. The van der Waals surface area contributed by atoms with E-state index in [1.54, 1.807) is 24.3 Å². The molecule has 0 saturated carbocycles. The Morgan fingerprint density at radius 3 is 2.40 bits per heavy atom. The third kappa shape index (κ3) is 3.92. The first-order valence-corrected chi connectivity index (χ1v) is 9.64. The highest BCUT2D eigenvalue weighted by Crippen LogP contribution is 2.33. The van der Waals surface area contributed by atoms with E-state index in [-0.39, 0.29) is 24.7 Å². The summed E-state index contributed by atoms with van der Waals surface area (Å²) in [6, 6.07) is 15.3. The van der Waals surface area contributed by atoms with E-state index in [1.165, 1.54) is 11.2 Å². The van der Waals surface area contributed by atoms with Crippen LogP contribution in [0.25, 0.3) is 0 Å². The van der Waals surface area contributed by atoms with E-state index in [4.69, 9.17) is 4.74 Å². The van der Waals surface area contributed by atoms with Gasteiger partial charge in [0.2, 0.25) is 10.0 Å². The molecule has 0 aromatic heterocycles. The molecule has 2 aromatic carbocycles. The minimum atomic E-state index is -3.86. The van der Waals surface area contributed by atoms with Crippen LogP contribution in [0.4, 0.5) is 4.39 Å². The third-order valence-corrected chi connectivity index (χ3v) is 6.19. The summed E-state index contributed by atoms with van der Waals surface area (Å²) in [7, 11) is -3.86. The van der Waals surface area contributed by atoms with Gasteiger partial charge in [0.1, 0.15) is 5.67 Å². The summed E-state index contributed by atoms with van der Waals surface area (Å²) in [5.41, 5.74) is 0.00497. The SMILES string of the molecule is Cc1ccc(S(=O)(=O)N2CC(C)(F)COCC2c2ccccc2)cc1. The lowest BCUT2D eigenvalue weighted by atomic mass is 10.1. The van der Waals surface area contributed by atoms with Crippen LogP contribution >= 0.6 is 0 Å². The first kappa shape index (κ1) is 18.0. The van der Waals surface area contributed by atoms with E-state index in [1.807, 2.05) is 37.3 Å². The maximum Gasteiger partial charge on any atom is 0.243 e. The molecule has 0 spiro atoms. The Morgan fingerprint density at radius 1 is 1.12 bits per heavy atom. The summed E-state index contributed by atoms with van der Waals surface area (Å²) < 4.78 is 47.9. The number of sulfonamides is 1. The Bertz CT molecular complexity index is 820. The molecular weight excluding hydrogens is 341 g/mol. The monoisotopic (exact) mass is 363 g/mol. The molecule has 0 amide bonds. The van der Waals surface area contributed by atoms with Crippen LogP contribution < -0.4 is 0 Å². The molecule has 134 valence electrons. The highest BCUT2D eigenvalue weighted by Gasteiger charge is 2.41. The molecule has 1 fully saturated rings. The Labute approximate surface area is 148 Å². The molecule has 0 radical (unpaired) electrons. The van der Waals surface area contributed by atoms with Crippen LogP contribution in [0.5, 0.6) is 0 Å². The quantitative estimate of drug-likeness (QED) is 0.839. The molecule has 0 aliphatic carbocycles. The summed E-state index contributed by atoms with van der Waals surface area (Å²) in [5.74, 6) is 0. The van der Waals surface area contributed by atoms with Crippen LogP contribution in [-0.4, -0.2) is 38.2 Å². The summed E-state index contributed by atoms with van der Waals surface area (Å²) >= 11 is 0. The second kappa shape index (κ2) is 6.86. The molecule has 2 atom stereocenters. The highest BCUT2D eigenvalue weighted by atomic mass is 32.2. The van der Waals surface area contributed by atoms with E-state index < -0.39 is 21.7 Å². The van der Waals surface area contributed by atoms with Crippen LogP contribution in [0.15, 0.2) is 59.5 Å². The van der Waals surface area contributed by atoms with Crippen LogP contribution in [-0.2, 0) is 14.8 Å². The minimum absolute atomic E-state index is 0.120. The Morgan fingerprint density at radius 2 is 1.76 bits per heavy atom. The fraction of sp³-hybridized carbons (Fsp3) is 0.368. The van der Waals surface area contributed by atoms with Crippen molar-refractivity contribution in [3.63, 3.8) is 0 Å². The average Bonchev–Trinajstić information content (AvgIpc) is 2.74. The Balaban J connectivity index is 2.07. The van der Waals surface area contributed by atoms with Crippen LogP contribution in [0.1, 0.15) is 24.1 Å². The zero-order valence-corrected chi connectivity index (χ0v) is 15.2. The molecule has 1 aliphatic heterocycles. The minimum Gasteiger partial charge on any atom is -0.376 e. The molecule has 2 aromatic rings. The van der Waals surface area contributed by atoms with Crippen LogP contribution in [0, 0.1) is 6.92 Å². The second-order valence-corrected chi connectivity index (χ2v) is 8.61. The molecule has 6 heteroatoms. The third-order valence-electron chi connectivity index (χ3n) is 4.32. The van der Waals surface area contributed by atoms with Crippen LogP contribution in [0.3, 0.4) is 0 Å². The normalized spacial score (nSPS) is 25.5. The first-order chi connectivity index (χ1) is 11.8. The fourth-order valence-corrected chi connectivity index (χ4v) is 4.69. The number of ether oxygens (including phenoxy) is 1. The molecule has 0 N–H and O–H groups in total. The largest absolute Gasteiger partial charge is 0.376 e. The molecule has 4 nitrogen and oxygen atoms in total. The smallest absolute Gasteiger partial charge is 0.243 e. The lowest BCUT2D eigenvalue weighted by molar-refractivity contribution is 0.0452. The predicted molar refractivity (Wildman–Crippen MR) is 94.6 cm³/mol. The van der Waals surface area contributed by atoms with Gasteiger partial charge in [-0.2, -0.15) is 4.31 Å². The zero-order chi connectivity index (χ0) is 18.1. The number of halogens is 1. The van der Waals surface area contributed by atoms with Crippen molar-refractivity contribution in [2.45, 2.75) is 30.5 Å². The van der Waals surface area contributed by atoms with E-state index in [9.17, 15) is 12.8 Å². The second-order valence-electron chi connectivity index (χ2n) is 6.72. The molecule has 1 heterocycles. The molecule has 25 heavy (non-hydrogen) atoms. The molecule has 0 bridgehead atoms. The zero-order valence-electron chi connectivity index (χ0n) is 14.4. The van der Waals surface area contributed by atoms with Gasteiger partial charge in [-0.1, -0.05) is 48.0 Å². The predicted octanol–water partition coefficient (Wildman–Crippen LogP) is 3.49. The first-order valence-electron chi connectivity index (χ1n) is 8.20. The number of rotatable bonds is 3. The fourth-order valence-electron chi connectivity index (χ4n) is 2.98. The van der Waals surface area contributed by atoms with Crippen molar-refractivity contribution < 1.29 is 17.5 Å². The Kier molecular flexibility index (Phi) is 4.95. The van der Waals surface area contributed by atoms with Gasteiger partial charge >= 0.3 is 0 Å². The number of aryl methyl sites for hydroxylation is 1. The molecular formula is C19H22FNO3S. The van der Waals surface area contributed by atoms with Crippen molar-refractivity contribution in [1.29, 1.82) is 0 Å². The maximum absolute atomic E-state index is 14.7. The molecule has 1 aliphatic rings. The molecule has 2 unspecified atom stereocenters. The van der Waals surface area contributed by atoms with Crippen molar-refractivity contribution in [2.24, 2.45) is 0 Å². The van der Waals surface area contributed by atoms with Crippen molar-refractivity contribution in [3.05, 3.63) is 65.7 Å². The van der Waals surface area contributed by atoms with Gasteiger partial charge in [0.15, 0.2) is 0 Å². The lowest BCUT2D eigenvalue weighted by Gasteiger charge is -2.31. The molecule has 3 rings (SSSR count). The number of hydrogen-bond donors (Lipinski definition) is 0. The Hall–Kier alpha value is -1.76. The van der Waals surface area contributed by atoms with E-state index >= 15 is 0 Å². The number of nitrogens with zero attached hydrogens (tertiary/aromatic N) is 1. The number of alkyl halides is 1. The van der Waals surface area contributed by atoms with Crippen molar-refractivity contribution in [3.8, 4) is 0 Å². The topological polar surface area (TPSA) is 46.6 Å². The summed E-state index contributed by atoms with van der Waals surface area (Å²) in [5, 5.41) is 0. The van der Waals surface area contributed by atoms with E-state index in [0.717, 1.165) is 11.1 Å². The van der Waals surface area contributed by atoms with Gasteiger partial charge in [-0.05, 0) is 31.5 Å². The summed E-state index contributed by atoms with van der Waals surface area (Å²) in [4.78, 5) is 0.164. The van der Waals surface area contributed by atoms with Gasteiger partial charge in [-0.25, -0.2) is 12.8 Å². The number of benzene rings is 2. The lowest BCUT2D eigenvalue weighted by Crippen LogP contribution is -2.43. The summed E-state index contributed by atoms with van der Waals surface area (Å²) in [6.07, 6.45) is 0. The average molecular weight is 363 g/mol. The van der Waals surface area contributed by atoms with Gasteiger partial charge < -0.3 is 4.74 Å². The van der Waals surface area contributed by atoms with Gasteiger partial charge in [0.05, 0.1) is 30.7 Å². The number of hydrogen-bond acceptors (Lipinski definition) is 3. The van der Waals surface area contributed by atoms with Gasteiger partial charge in [-0.15, -0.1) is 0 Å². The molecule has 1 saturated heterocycles. The van der Waals surface area contributed by atoms with E-state index in [0.29, 0.717) is 0 Å². The standard InChI is InChI=1S/C19H22FNO3S/c1-15-8-10-17(11-9-15)25(22,23)21-13-19(2,20)14-24-12-18(21)16-6-4-3-5-7-16/h3-11,18H,12-14H2,1-2H3. The van der Waals surface area contributed by atoms with Gasteiger partial charge in [0.25, 0.3) is 0 Å². The van der Waals surface area contributed by atoms with Gasteiger partial charge in [0, 0.05) is 0 Å². The summed E-state index contributed by atoms with van der Waals surface area (Å²) in [6.45, 7) is 3.01. The maximum atomic E-state index is 14.7. The van der Waals surface area contributed by atoms with Crippen molar-refractivity contribution in [1.82, 2.24) is 4.31 Å². The van der Waals surface area contributed by atoms with Crippen molar-refractivity contribution in [2.75, 3.05) is 19.8 Å². The van der Waals surface area contributed by atoms with E-state index in [2.05, 4.69) is 0 Å².